The largest absolute Gasteiger partial charge is 0.493 e. The molecule has 2 aromatic rings. The van der Waals surface area contributed by atoms with E-state index in [1.165, 1.54) is 0 Å². The molecule has 2 aliphatic rings. The van der Waals surface area contributed by atoms with E-state index >= 15 is 0 Å². The number of ether oxygens (including phenoxy) is 3. The topological polar surface area (TPSA) is 56.8 Å². The second-order valence-electron chi connectivity index (χ2n) is 8.55. The van der Waals surface area contributed by atoms with Gasteiger partial charge >= 0.3 is 0 Å². The van der Waals surface area contributed by atoms with Gasteiger partial charge in [0, 0.05) is 40.3 Å². The van der Waals surface area contributed by atoms with Crippen LogP contribution in [0.4, 0.5) is 5.69 Å². The van der Waals surface area contributed by atoms with E-state index in [1.807, 2.05) is 30.3 Å². The standard InChI is InChI=1S/C24H26ClNO4/c1-24(2)11-16-20(17(27)12-24)19(13-6-8-14(25)9-7-13)21-15(26-16)10-18(28-3)22(29-4)23(21)30-5/h6-10,19,26H,11-12H2,1-5H3/t19-/m0/s1. The number of nitrogens with one attached hydrogen (secondary N) is 1. The van der Waals surface area contributed by atoms with Gasteiger partial charge in [-0.25, -0.2) is 0 Å². The van der Waals surface area contributed by atoms with Crippen LogP contribution in [0.2, 0.25) is 5.02 Å². The molecule has 0 aromatic heterocycles. The molecule has 2 aromatic carbocycles. The van der Waals surface area contributed by atoms with E-state index < -0.39 is 0 Å². The van der Waals surface area contributed by atoms with Crippen molar-refractivity contribution in [1.29, 1.82) is 0 Å². The Morgan fingerprint density at radius 3 is 2.27 bits per heavy atom. The Kier molecular flexibility index (Phi) is 5.18. The zero-order valence-corrected chi connectivity index (χ0v) is 18.6. The summed E-state index contributed by atoms with van der Waals surface area (Å²) in [5.41, 5.74) is 4.34. The molecule has 30 heavy (non-hydrogen) atoms. The number of hydrogen-bond acceptors (Lipinski definition) is 5. The zero-order valence-electron chi connectivity index (χ0n) is 17.9. The summed E-state index contributed by atoms with van der Waals surface area (Å²) in [6.07, 6.45) is 1.29. The number of Topliss-reactive ketones (excluding diaryl/α,β-unsaturated/α-hetero) is 1. The van der Waals surface area contributed by atoms with Gasteiger partial charge in [0.1, 0.15) is 0 Å². The highest BCUT2D eigenvalue weighted by molar-refractivity contribution is 6.30. The van der Waals surface area contributed by atoms with Gasteiger partial charge in [-0.15, -0.1) is 0 Å². The van der Waals surface area contributed by atoms with E-state index in [0.29, 0.717) is 28.7 Å². The van der Waals surface area contributed by atoms with Gasteiger partial charge in [0.25, 0.3) is 0 Å². The Hall–Kier alpha value is -2.66. The Bertz CT molecular complexity index is 1040. The van der Waals surface area contributed by atoms with Crippen LogP contribution in [0.3, 0.4) is 0 Å². The number of carbonyl (C=O) groups is 1. The molecular weight excluding hydrogens is 402 g/mol. The molecule has 0 radical (unpaired) electrons. The molecule has 4 rings (SSSR count). The van der Waals surface area contributed by atoms with Crippen molar-refractivity contribution in [3.8, 4) is 17.2 Å². The third-order valence-corrected chi connectivity index (χ3v) is 6.11. The predicted octanol–water partition coefficient (Wildman–Crippen LogP) is 5.57. The highest BCUT2D eigenvalue weighted by Crippen LogP contribution is 2.55. The average Bonchev–Trinajstić information content (AvgIpc) is 2.70. The first-order valence-corrected chi connectivity index (χ1v) is 10.3. The summed E-state index contributed by atoms with van der Waals surface area (Å²) in [6.45, 7) is 4.25. The van der Waals surface area contributed by atoms with Crippen molar-refractivity contribution in [2.24, 2.45) is 5.41 Å². The SMILES string of the molecule is COc1cc2c(c(OC)c1OC)[C@@H](c1ccc(Cl)cc1)C1=C(CC(C)(C)CC1=O)N2. The average molecular weight is 428 g/mol. The van der Waals surface area contributed by atoms with Gasteiger partial charge < -0.3 is 19.5 Å². The van der Waals surface area contributed by atoms with Crippen LogP contribution in [0.1, 0.15) is 43.7 Å². The number of benzene rings is 2. The smallest absolute Gasteiger partial charge is 0.203 e. The fourth-order valence-corrected chi connectivity index (χ4v) is 4.77. The van der Waals surface area contributed by atoms with Gasteiger partial charge in [0.05, 0.1) is 27.0 Å². The first-order valence-electron chi connectivity index (χ1n) is 9.91. The summed E-state index contributed by atoms with van der Waals surface area (Å²) in [5, 5.41) is 4.16. The number of ketones is 1. The van der Waals surface area contributed by atoms with E-state index in [2.05, 4.69) is 19.2 Å². The summed E-state index contributed by atoms with van der Waals surface area (Å²) in [5.74, 6) is 1.50. The second-order valence-corrected chi connectivity index (χ2v) is 8.99. The number of anilines is 1. The minimum absolute atomic E-state index is 0.106. The molecule has 0 unspecified atom stereocenters. The number of fused-ring (bicyclic) bond motifs is 1. The van der Waals surface area contributed by atoms with Gasteiger partial charge in [-0.05, 0) is 29.5 Å². The van der Waals surface area contributed by atoms with Crippen molar-refractivity contribution in [2.75, 3.05) is 26.6 Å². The van der Waals surface area contributed by atoms with Crippen molar-refractivity contribution < 1.29 is 19.0 Å². The Morgan fingerprint density at radius 1 is 1.00 bits per heavy atom. The molecular formula is C24H26ClNO4. The first kappa shape index (κ1) is 20.6. The predicted molar refractivity (Wildman–Crippen MR) is 118 cm³/mol. The molecule has 0 fully saturated rings. The van der Waals surface area contributed by atoms with E-state index in [-0.39, 0.29) is 17.1 Å². The zero-order chi connectivity index (χ0) is 21.6. The second kappa shape index (κ2) is 7.55. The molecule has 1 aliphatic heterocycles. The maximum absolute atomic E-state index is 13.4. The molecule has 5 nitrogen and oxygen atoms in total. The highest BCUT2D eigenvalue weighted by atomic mass is 35.5. The summed E-state index contributed by atoms with van der Waals surface area (Å²) in [6, 6.07) is 9.55. The Labute approximate surface area is 182 Å². The van der Waals surface area contributed by atoms with E-state index in [0.717, 1.165) is 34.5 Å². The Balaban J connectivity index is 2.03. The maximum atomic E-state index is 13.4. The lowest BCUT2D eigenvalue weighted by atomic mass is 9.68. The molecule has 0 saturated carbocycles. The van der Waals surface area contributed by atoms with E-state index in [1.54, 1.807) is 21.3 Å². The normalized spacial score (nSPS) is 19.5. The number of carbonyl (C=O) groups excluding carboxylic acids is 1. The van der Waals surface area contributed by atoms with Crippen LogP contribution in [-0.4, -0.2) is 27.1 Å². The summed E-state index contributed by atoms with van der Waals surface area (Å²) in [7, 11) is 4.78. The van der Waals surface area contributed by atoms with E-state index in [4.69, 9.17) is 25.8 Å². The molecule has 0 amide bonds. The van der Waals surface area contributed by atoms with Crippen molar-refractivity contribution in [1.82, 2.24) is 0 Å². The lowest BCUT2D eigenvalue weighted by molar-refractivity contribution is -0.118. The van der Waals surface area contributed by atoms with Gasteiger partial charge in [0.2, 0.25) is 5.75 Å². The number of halogens is 1. The van der Waals surface area contributed by atoms with Gasteiger partial charge in [-0.1, -0.05) is 37.6 Å². The fraction of sp³-hybridized carbons (Fsp3) is 0.375. The minimum Gasteiger partial charge on any atom is -0.493 e. The number of allylic oxidation sites excluding steroid dienone is 2. The van der Waals surface area contributed by atoms with E-state index in [9.17, 15) is 4.79 Å². The van der Waals surface area contributed by atoms with Gasteiger partial charge in [0.15, 0.2) is 17.3 Å². The fourth-order valence-electron chi connectivity index (χ4n) is 4.65. The molecule has 6 heteroatoms. The van der Waals surface area contributed by atoms with Crippen molar-refractivity contribution in [2.45, 2.75) is 32.6 Å². The molecule has 1 aliphatic carbocycles. The lowest BCUT2D eigenvalue weighted by Gasteiger charge is -2.40. The Morgan fingerprint density at radius 2 is 1.67 bits per heavy atom. The van der Waals surface area contributed by atoms with Crippen LogP contribution in [0.15, 0.2) is 41.6 Å². The number of rotatable bonds is 4. The molecule has 0 saturated heterocycles. The molecule has 1 atom stereocenters. The van der Waals surface area contributed by atoms with Gasteiger partial charge in [-0.2, -0.15) is 0 Å². The monoisotopic (exact) mass is 427 g/mol. The van der Waals surface area contributed by atoms with Crippen LogP contribution in [-0.2, 0) is 4.79 Å². The molecule has 158 valence electrons. The lowest BCUT2D eigenvalue weighted by Crippen LogP contribution is -2.34. The maximum Gasteiger partial charge on any atom is 0.203 e. The quantitative estimate of drug-likeness (QED) is 0.691. The summed E-state index contributed by atoms with van der Waals surface area (Å²) in [4.78, 5) is 13.4. The number of methoxy groups -OCH3 is 3. The molecule has 1 N–H and O–H groups in total. The number of hydrogen-bond donors (Lipinski definition) is 1. The molecule has 0 bridgehead atoms. The van der Waals surface area contributed by atoms with Crippen LogP contribution >= 0.6 is 11.6 Å². The third-order valence-electron chi connectivity index (χ3n) is 5.85. The highest BCUT2D eigenvalue weighted by Gasteiger charge is 2.43. The van der Waals surface area contributed by atoms with Gasteiger partial charge in [-0.3, -0.25) is 4.79 Å². The van der Waals surface area contributed by atoms with Crippen LogP contribution in [0.5, 0.6) is 17.2 Å². The van der Waals surface area contributed by atoms with Crippen molar-refractivity contribution in [3.05, 3.63) is 57.8 Å². The van der Waals surface area contributed by atoms with Crippen molar-refractivity contribution >= 4 is 23.1 Å². The minimum atomic E-state index is -0.285. The van der Waals surface area contributed by atoms with Crippen LogP contribution in [0, 0.1) is 5.41 Å². The van der Waals surface area contributed by atoms with Crippen LogP contribution < -0.4 is 19.5 Å². The third kappa shape index (κ3) is 3.31. The first-order chi connectivity index (χ1) is 14.3. The summed E-state index contributed by atoms with van der Waals surface area (Å²) < 4.78 is 17.0. The summed E-state index contributed by atoms with van der Waals surface area (Å²) >= 11 is 6.15. The molecule has 0 spiro atoms. The van der Waals surface area contributed by atoms with Crippen LogP contribution in [0.25, 0.3) is 0 Å². The van der Waals surface area contributed by atoms with Crippen molar-refractivity contribution in [3.63, 3.8) is 0 Å². The molecule has 1 heterocycles.